The van der Waals surface area contributed by atoms with Crippen molar-refractivity contribution in [2.75, 3.05) is 0 Å². The van der Waals surface area contributed by atoms with E-state index in [1.165, 1.54) is 0 Å². The fourth-order valence-electron chi connectivity index (χ4n) is 1.59. The molecule has 1 aromatic carbocycles. The first-order valence-electron chi connectivity index (χ1n) is 4.84. The van der Waals surface area contributed by atoms with E-state index < -0.39 is 0 Å². The number of nitrogens with zero attached hydrogens (tertiary/aromatic N) is 3. The molecule has 80 valence electrons. The monoisotopic (exact) mass is 275 g/mol. The molecular formula is C12H10BrN3. The maximum Gasteiger partial charge on any atom is 0.130 e. The van der Waals surface area contributed by atoms with Crippen molar-refractivity contribution >= 4 is 15.9 Å². The molecule has 0 radical (unpaired) electrons. The van der Waals surface area contributed by atoms with E-state index in [9.17, 15) is 5.26 Å². The predicted octanol–water partition coefficient (Wildman–Crippen LogP) is 2.84. The van der Waals surface area contributed by atoms with Gasteiger partial charge < -0.3 is 4.57 Å². The summed E-state index contributed by atoms with van der Waals surface area (Å²) in [4.78, 5) is 4.21. The zero-order valence-corrected chi connectivity index (χ0v) is 10.3. The minimum Gasteiger partial charge on any atom is -0.337 e. The van der Waals surface area contributed by atoms with Crippen molar-refractivity contribution in [3.63, 3.8) is 0 Å². The second kappa shape index (κ2) is 4.50. The van der Waals surface area contributed by atoms with Gasteiger partial charge in [0.05, 0.1) is 6.07 Å². The molecule has 2 aromatic rings. The smallest absolute Gasteiger partial charge is 0.130 e. The average molecular weight is 276 g/mol. The van der Waals surface area contributed by atoms with E-state index in [1.807, 2.05) is 42.1 Å². The number of benzene rings is 1. The molecule has 0 saturated carbocycles. The van der Waals surface area contributed by atoms with Crippen LogP contribution in [0.5, 0.6) is 0 Å². The Labute approximate surface area is 102 Å². The van der Waals surface area contributed by atoms with Crippen LogP contribution in [0.15, 0.2) is 41.1 Å². The number of hydrogen-bond donors (Lipinski definition) is 0. The highest BCUT2D eigenvalue weighted by Crippen LogP contribution is 2.23. The lowest BCUT2D eigenvalue weighted by atomic mass is 10.00. The summed E-state index contributed by atoms with van der Waals surface area (Å²) in [5.74, 6) is 0.456. The van der Waals surface area contributed by atoms with Crippen LogP contribution in [0.2, 0.25) is 0 Å². The Morgan fingerprint density at radius 2 is 2.06 bits per heavy atom. The van der Waals surface area contributed by atoms with E-state index in [2.05, 4.69) is 27.0 Å². The first-order chi connectivity index (χ1) is 7.72. The molecular weight excluding hydrogens is 266 g/mol. The topological polar surface area (TPSA) is 41.6 Å². The van der Waals surface area contributed by atoms with E-state index in [0.29, 0.717) is 0 Å². The Kier molecular flexibility index (Phi) is 3.07. The van der Waals surface area contributed by atoms with Gasteiger partial charge in [-0.1, -0.05) is 28.1 Å². The maximum absolute atomic E-state index is 9.23. The number of aromatic nitrogens is 2. The van der Waals surface area contributed by atoms with Gasteiger partial charge in [0.1, 0.15) is 11.7 Å². The Balaban J connectivity index is 2.42. The Morgan fingerprint density at radius 3 is 2.56 bits per heavy atom. The maximum atomic E-state index is 9.23. The van der Waals surface area contributed by atoms with Gasteiger partial charge in [0.2, 0.25) is 0 Å². The van der Waals surface area contributed by atoms with Gasteiger partial charge >= 0.3 is 0 Å². The lowest BCUT2D eigenvalue weighted by Gasteiger charge is -2.09. The Hall–Kier alpha value is -1.60. The number of imidazole rings is 1. The highest BCUT2D eigenvalue weighted by atomic mass is 79.9. The fraction of sp³-hybridized carbons (Fsp3) is 0.167. The highest BCUT2D eigenvalue weighted by molar-refractivity contribution is 9.10. The van der Waals surface area contributed by atoms with Crippen LogP contribution >= 0.6 is 15.9 Å². The molecule has 0 bridgehead atoms. The molecule has 0 amide bonds. The van der Waals surface area contributed by atoms with E-state index in [4.69, 9.17) is 0 Å². The zero-order chi connectivity index (χ0) is 11.5. The SMILES string of the molecule is Cn1ccnc1C(C#N)c1ccc(Br)cc1. The van der Waals surface area contributed by atoms with Crippen LogP contribution in [0.25, 0.3) is 0 Å². The van der Waals surface area contributed by atoms with Gasteiger partial charge in [0, 0.05) is 23.9 Å². The highest BCUT2D eigenvalue weighted by Gasteiger charge is 2.17. The van der Waals surface area contributed by atoms with Crippen LogP contribution in [0.1, 0.15) is 17.3 Å². The molecule has 1 unspecified atom stereocenters. The van der Waals surface area contributed by atoms with Gasteiger partial charge in [-0.25, -0.2) is 4.98 Å². The zero-order valence-electron chi connectivity index (χ0n) is 8.76. The molecule has 1 heterocycles. The largest absolute Gasteiger partial charge is 0.337 e. The minimum absolute atomic E-state index is 0.312. The minimum atomic E-state index is -0.312. The molecule has 4 heteroatoms. The molecule has 0 aliphatic heterocycles. The summed E-state index contributed by atoms with van der Waals surface area (Å²) < 4.78 is 2.88. The molecule has 1 aromatic heterocycles. The molecule has 0 fully saturated rings. The number of aryl methyl sites for hydroxylation is 1. The molecule has 0 N–H and O–H groups in total. The second-order valence-corrected chi connectivity index (χ2v) is 4.43. The molecule has 3 nitrogen and oxygen atoms in total. The summed E-state index contributed by atoms with van der Waals surface area (Å²) in [7, 11) is 1.89. The lowest BCUT2D eigenvalue weighted by molar-refractivity contribution is 0.783. The summed E-state index contributed by atoms with van der Waals surface area (Å²) >= 11 is 3.38. The predicted molar refractivity (Wildman–Crippen MR) is 64.8 cm³/mol. The van der Waals surface area contributed by atoms with E-state index in [0.717, 1.165) is 15.9 Å². The van der Waals surface area contributed by atoms with Crippen molar-refractivity contribution in [3.05, 3.63) is 52.5 Å². The van der Waals surface area contributed by atoms with Gasteiger partial charge in [-0.15, -0.1) is 0 Å². The van der Waals surface area contributed by atoms with Crippen molar-refractivity contribution in [2.24, 2.45) is 7.05 Å². The Bertz CT molecular complexity index is 522. The van der Waals surface area contributed by atoms with E-state index in [-0.39, 0.29) is 5.92 Å². The molecule has 0 saturated heterocycles. The Morgan fingerprint density at radius 1 is 1.38 bits per heavy atom. The van der Waals surface area contributed by atoms with Gasteiger partial charge in [-0.3, -0.25) is 0 Å². The molecule has 0 aliphatic rings. The van der Waals surface area contributed by atoms with Crippen LogP contribution in [0, 0.1) is 11.3 Å². The molecule has 0 aliphatic carbocycles. The lowest BCUT2D eigenvalue weighted by Crippen LogP contribution is -2.05. The first kappa shape index (κ1) is 10.9. The van der Waals surface area contributed by atoms with Crippen LogP contribution in [-0.2, 0) is 7.05 Å². The standard InChI is InChI=1S/C12H10BrN3/c1-16-7-6-15-12(16)11(8-14)9-2-4-10(13)5-3-9/h2-7,11H,1H3. The van der Waals surface area contributed by atoms with E-state index >= 15 is 0 Å². The summed E-state index contributed by atoms with van der Waals surface area (Å²) in [5.41, 5.74) is 0.958. The fourth-order valence-corrected chi connectivity index (χ4v) is 1.86. The van der Waals surface area contributed by atoms with Crippen LogP contribution in [-0.4, -0.2) is 9.55 Å². The van der Waals surface area contributed by atoms with Gasteiger partial charge in [0.25, 0.3) is 0 Å². The molecule has 0 spiro atoms. The normalized spacial score (nSPS) is 12.1. The third-order valence-electron chi connectivity index (χ3n) is 2.45. The molecule has 1 atom stereocenters. The van der Waals surface area contributed by atoms with Gasteiger partial charge in [-0.05, 0) is 17.7 Å². The van der Waals surface area contributed by atoms with Crippen LogP contribution in [0.4, 0.5) is 0 Å². The number of nitriles is 1. The average Bonchev–Trinajstić information content (AvgIpc) is 2.69. The van der Waals surface area contributed by atoms with Crippen LogP contribution < -0.4 is 0 Å². The van der Waals surface area contributed by atoms with Gasteiger partial charge in [-0.2, -0.15) is 5.26 Å². The summed E-state index contributed by atoms with van der Waals surface area (Å²) in [6.07, 6.45) is 3.55. The quantitative estimate of drug-likeness (QED) is 0.846. The number of hydrogen-bond acceptors (Lipinski definition) is 2. The number of halogens is 1. The van der Waals surface area contributed by atoms with Gasteiger partial charge in [0.15, 0.2) is 0 Å². The van der Waals surface area contributed by atoms with E-state index in [1.54, 1.807) is 6.20 Å². The third kappa shape index (κ3) is 2.00. The van der Waals surface area contributed by atoms with Crippen molar-refractivity contribution in [2.45, 2.75) is 5.92 Å². The first-order valence-corrected chi connectivity index (χ1v) is 5.64. The van der Waals surface area contributed by atoms with Crippen molar-refractivity contribution in [3.8, 4) is 6.07 Å². The number of rotatable bonds is 2. The summed E-state index contributed by atoms with van der Waals surface area (Å²) in [6.45, 7) is 0. The third-order valence-corrected chi connectivity index (χ3v) is 2.98. The second-order valence-electron chi connectivity index (χ2n) is 3.51. The van der Waals surface area contributed by atoms with Crippen LogP contribution in [0.3, 0.4) is 0 Å². The molecule has 2 rings (SSSR count). The summed E-state index contributed by atoms with van der Waals surface area (Å²) in [6, 6.07) is 10.0. The molecule has 16 heavy (non-hydrogen) atoms. The van der Waals surface area contributed by atoms with Crippen molar-refractivity contribution in [1.29, 1.82) is 5.26 Å². The van der Waals surface area contributed by atoms with Crippen molar-refractivity contribution in [1.82, 2.24) is 9.55 Å². The van der Waals surface area contributed by atoms with Crippen molar-refractivity contribution < 1.29 is 0 Å². The summed E-state index contributed by atoms with van der Waals surface area (Å²) in [5, 5.41) is 9.23.